The molecule has 130 valence electrons. The monoisotopic (exact) mass is 365 g/mol. The Balaban J connectivity index is 1.81. The first-order chi connectivity index (χ1) is 11.9. The fourth-order valence-corrected chi connectivity index (χ4v) is 3.35. The predicted octanol–water partition coefficient (Wildman–Crippen LogP) is 4.33. The highest BCUT2D eigenvalue weighted by Crippen LogP contribution is 2.39. The molecule has 4 rings (SSSR count). The lowest BCUT2D eigenvalue weighted by Crippen LogP contribution is -2.06. The normalized spacial score (nSPS) is 12.2. The van der Waals surface area contributed by atoms with Gasteiger partial charge in [0.25, 0.3) is 5.92 Å². The second kappa shape index (κ2) is 5.41. The van der Waals surface area contributed by atoms with Gasteiger partial charge in [-0.05, 0) is 18.2 Å². The molecular weight excluding hydrogens is 352 g/mol. The molecule has 4 aromatic rings. The summed E-state index contributed by atoms with van der Waals surface area (Å²) in [6, 6.07) is 5.43. The summed E-state index contributed by atoms with van der Waals surface area (Å²) in [5, 5.41) is 4.42. The summed E-state index contributed by atoms with van der Waals surface area (Å²) in [6.07, 6.45) is 1.56. The maximum absolute atomic E-state index is 13.4. The maximum atomic E-state index is 13.4. The molecule has 0 bridgehead atoms. The summed E-state index contributed by atoms with van der Waals surface area (Å²) >= 11 is 0.845. The molecular formula is C16H13F2N3O3S. The van der Waals surface area contributed by atoms with Crippen molar-refractivity contribution in [1.29, 1.82) is 0 Å². The highest BCUT2D eigenvalue weighted by atomic mass is 32.1. The third-order valence-electron chi connectivity index (χ3n) is 3.70. The third-order valence-corrected chi connectivity index (χ3v) is 4.79. The van der Waals surface area contributed by atoms with E-state index < -0.39 is 5.92 Å². The topological polar surface area (TPSA) is 61.8 Å². The molecule has 3 aromatic heterocycles. The number of imidazole rings is 1. The van der Waals surface area contributed by atoms with Crippen LogP contribution in [0.25, 0.3) is 27.4 Å². The largest absolute Gasteiger partial charge is 0.493 e. The number of ether oxygens (including phenoxy) is 2. The van der Waals surface area contributed by atoms with Crippen molar-refractivity contribution in [1.82, 2.24) is 14.6 Å². The second-order valence-electron chi connectivity index (χ2n) is 5.48. The van der Waals surface area contributed by atoms with Gasteiger partial charge in [-0.2, -0.15) is 13.9 Å². The molecule has 0 saturated heterocycles. The number of nitrogens with zero attached hydrogens (tertiary/aromatic N) is 3. The van der Waals surface area contributed by atoms with Crippen LogP contribution in [0.2, 0.25) is 0 Å². The Bertz CT molecular complexity index is 1050. The molecule has 0 aliphatic carbocycles. The molecule has 0 saturated carbocycles. The number of hydrogen-bond donors (Lipinski definition) is 0. The molecule has 6 nitrogen and oxygen atoms in total. The number of hydrogen-bond acceptors (Lipinski definition) is 6. The average Bonchev–Trinajstić information content (AvgIpc) is 3.24. The average molecular weight is 365 g/mol. The van der Waals surface area contributed by atoms with Crippen molar-refractivity contribution in [2.45, 2.75) is 12.8 Å². The second-order valence-corrected chi connectivity index (χ2v) is 6.43. The summed E-state index contributed by atoms with van der Waals surface area (Å²) in [6.45, 7) is 0.811. The first kappa shape index (κ1) is 15.8. The van der Waals surface area contributed by atoms with Crippen molar-refractivity contribution in [3.8, 4) is 23.0 Å². The van der Waals surface area contributed by atoms with Gasteiger partial charge in [-0.3, -0.25) is 0 Å². The Hall–Kier alpha value is -2.68. The first-order valence-electron chi connectivity index (χ1n) is 7.30. The zero-order chi connectivity index (χ0) is 17.8. The number of halogens is 2. The van der Waals surface area contributed by atoms with Crippen LogP contribution >= 0.6 is 11.3 Å². The number of benzene rings is 1. The minimum atomic E-state index is -2.99. The van der Waals surface area contributed by atoms with Gasteiger partial charge in [0, 0.05) is 12.3 Å². The minimum Gasteiger partial charge on any atom is -0.493 e. The smallest absolute Gasteiger partial charge is 0.298 e. The minimum absolute atomic E-state index is 0.280. The van der Waals surface area contributed by atoms with Gasteiger partial charge in [-0.1, -0.05) is 11.3 Å². The first-order valence-corrected chi connectivity index (χ1v) is 8.12. The summed E-state index contributed by atoms with van der Waals surface area (Å²) in [7, 11) is 3.08. The van der Waals surface area contributed by atoms with Gasteiger partial charge in [0.05, 0.1) is 20.4 Å². The third kappa shape index (κ3) is 2.51. The van der Waals surface area contributed by atoms with Gasteiger partial charge in [0.15, 0.2) is 22.1 Å². The van der Waals surface area contributed by atoms with Crippen LogP contribution in [0.5, 0.6) is 11.5 Å². The molecule has 0 atom stereocenters. The zero-order valence-electron chi connectivity index (χ0n) is 13.5. The molecule has 1 aromatic carbocycles. The Labute approximate surface area is 144 Å². The van der Waals surface area contributed by atoms with E-state index >= 15 is 0 Å². The molecule has 3 heterocycles. The van der Waals surface area contributed by atoms with Crippen molar-refractivity contribution < 1.29 is 22.7 Å². The highest BCUT2D eigenvalue weighted by Gasteiger charge is 2.30. The van der Waals surface area contributed by atoms with Crippen LogP contribution in [0, 0.1) is 0 Å². The molecule has 0 spiro atoms. The van der Waals surface area contributed by atoms with Crippen molar-refractivity contribution >= 4 is 27.3 Å². The van der Waals surface area contributed by atoms with E-state index in [1.165, 1.54) is 11.6 Å². The van der Waals surface area contributed by atoms with Gasteiger partial charge in [0.1, 0.15) is 5.69 Å². The van der Waals surface area contributed by atoms with Gasteiger partial charge in [0.2, 0.25) is 10.7 Å². The fraction of sp³-hybridized carbons (Fsp3) is 0.250. The van der Waals surface area contributed by atoms with E-state index in [-0.39, 0.29) is 5.01 Å². The van der Waals surface area contributed by atoms with E-state index in [0.717, 1.165) is 23.6 Å². The van der Waals surface area contributed by atoms with Crippen LogP contribution in [-0.2, 0) is 5.92 Å². The van der Waals surface area contributed by atoms with E-state index in [2.05, 4.69) is 10.1 Å². The Kier molecular flexibility index (Phi) is 3.43. The lowest BCUT2D eigenvalue weighted by atomic mass is 10.2. The van der Waals surface area contributed by atoms with E-state index in [1.807, 2.05) is 6.07 Å². The standard InChI is InChI=1S/C16H13F2N3O3S/c1-16(17,18)14-20-21-7-9(19-15(21)25-14)11-6-8-4-5-10(22-2)13(23-3)12(8)24-11/h4-7H,1-3H3. The van der Waals surface area contributed by atoms with Gasteiger partial charge in [-0.25, -0.2) is 9.50 Å². The van der Waals surface area contributed by atoms with Crippen molar-refractivity contribution in [3.05, 3.63) is 29.4 Å². The maximum Gasteiger partial charge on any atom is 0.298 e. The van der Waals surface area contributed by atoms with Crippen LogP contribution in [0.3, 0.4) is 0 Å². The van der Waals surface area contributed by atoms with E-state index in [1.54, 1.807) is 25.4 Å². The Morgan fingerprint density at radius 1 is 1.24 bits per heavy atom. The SMILES string of the molecule is COc1ccc2cc(-c3cn4nc(C(C)(F)F)sc4n3)oc2c1OC. The van der Waals surface area contributed by atoms with Crippen LogP contribution in [0.4, 0.5) is 8.78 Å². The van der Waals surface area contributed by atoms with Crippen molar-refractivity contribution in [2.24, 2.45) is 0 Å². The van der Waals surface area contributed by atoms with E-state index in [9.17, 15) is 8.78 Å². The van der Waals surface area contributed by atoms with E-state index in [0.29, 0.717) is 33.5 Å². The van der Waals surface area contributed by atoms with Crippen LogP contribution < -0.4 is 9.47 Å². The molecule has 0 N–H and O–H groups in total. The summed E-state index contributed by atoms with van der Waals surface area (Å²) in [4.78, 5) is 4.70. The number of methoxy groups -OCH3 is 2. The van der Waals surface area contributed by atoms with Crippen molar-refractivity contribution in [3.63, 3.8) is 0 Å². The zero-order valence-corrected chi connectivity index (χ0v) is 14.4. The Morgan fingerprint density at radius 2 is 2.04 bits per heavy atom. The number of fused-ring (bicyclic) bond motifs is 2. The molecule has 0 amide bonds. The molecule has 25 heavy (non-hydrogen) atoms. The van der Waals surface area contributed by atoms with Crippen molar-refractivity contribution in [2.75, 3.05) is 14.2 Å². The molecule has 0 fully saturated rings. The molecule has 0 radical (unpaired) electrons. The quantitative estimate of drug-likeness (QED) is 0.539. The van der Waals surface area contributed by atoms with Gasteiger partial charge < -0.3 is 13.9 Å². The van der Waals surface area contributed by atoms with Crippen LogP contribution in [-0.4, -0.2) is 28.8 Å². The number of rotatable bonds is 4. The lowest BCUT2D eigenvalue weighted by molar-refractivity contribution is 0.0163. The Morgan fingerprint density at radius 3 is 2.68 bits per heavy atom. The predicted molar refractivity (Wildman–Crippen MR) is 88.7 cm³/mol. The summed E-state index contributed by atoms with van der Waals surface area (Å²) in [5.41, 5.74) is 1.03. The highest BCUT2D eigenvalue weighted by molar-refractivity contribution is 7.16. The summed E-state index contributed by atoms with van der Waals surface area (Å²) < 4.78 is 44.5. The molecule has 0 aliphatic heterocycles. The van der Waals surface area contributed by atoms with E-state index in [4.69, 9.17) is 13.9 Å². The fourth-order valence-electron chi connectivity index (χ4n) is 2.54. The number of furan rings is 1. The van der Waals surface area contributed by atoms with Gasteiger partial charge in [-0.15, -0.1) is 0 Å². The number of alkyl halides is 2. The number of aromatic nitrogens is 3. The molecule has 9 heteroatoms. The van der Waals surface area contributed by atoms with Crippen LogP contribution in [0.15, 0.2) is 28.8 Å². The lowest BCUT2D eigenvalue weighted by Gasteiger charge is -2.06. The molecule has 0 unspecified atom stereocenters. The van der Waals surface area contributed by atoms with Crippen LogP contribution in [0.1, 0.15) is 11.9 Å². The summed E-state index contributed by atoms with van der Waals surface area (Å²) in [5.74, 6) is -1.46. The molecule has 0 aliphatic rings. The van der Waals surface area contributed by atoms with Gasteiger partial charge >= 0.3 is 0 Å².